The van der Waals surface area contributed by atoms with Crippen molar-refractivity contribution in [3.8, 4) is 0 Å². The molecule has 0 radical (unpaired) electrons. The van der Waals surface area contributed by atoms with Gasteiger partial charge in [0.05, 0.1) is 45.2 Å². The topological polar surface area (TPSA) is 511 Å². The van der Waals surface area contributed by atoms with E-state index in [2.05, 4.69) is 16.0 Å². The molecule has 5 saturated heterocycles. The second-order valence-corrected chi connectivity index (χ2v) is 17.6. The van der Waals surface area contributed by atoms with Gasteiger partial charge in [0.15, 0.2) is 25.2 Å². The Labute approximate surface area is 402 Å². The molecule has 3 amide bonds. The molecule has 5 fully saturated rings. The van der Waals surface area contributed by atoms with Crippen LogP contribution in [0, 0.1) is 0 Å². The van der Waals surface area contributed by atoms with Gasteiger partial charge in [-0.1, -0.05) is 0 Å². The van der Waals surface area contributed by atoms with Crippen LogP contribution in [0.3, 0.4) is 0 Å². The molecule has 0 spiro atoms. The van der Waals surface area contributed by atoms with Gasteiger partial charge < -0.3 is 140 Å². The van der Waals surface area contributed by atoms with Crippen molar-refractivity contribution in [2.75, 3.05) is 33.0 Å². The highest BCUT2D eigenvalue weighted by atomic mass is 16.8. The van der Waals surface area contributed by atoms with E-state index in [4.69, 9.17) is 42.6 Å². The molecule has 71 heavy (non-hydrogen) atoms. The Kier molecular flexibility index (Phi) is 20.7. The number of aliphatic hydroxyl groups is 15. The predicted molar refractivity (Wildman–Crippen MR) is 219 cm³/mol. The van der Waals surface area contributed by atoms with Crippen LogP contribution in [0.2, 0.25) is 0 Å². The third-order valence-corrected chi connectivity index (χ3v) is 12.5. The molecular weight excluding hydrogens is 974 g/mol. The van der Waals surface area contributed by atoms with E-state index in [0.29, 0.717) is 0 Å². The van der Waals surface area contributed by atoms with Gasteiger partial charge in [-0.15, -0.1) is 0 Å². The maximum Gasteiger partial charge on any atom is 0.364 e. The molecule has 0 saturated carbocycles. The van der Waals surface area contributed by atoms with Gasteiger partial charge in [0, 0.05) is 27.2 Å². The number of carboxylic acids is 1. The first kappa shape index (κ1) is 58.8. The van der Waals surface area contributed by atoms with E-state index in [-0.39, 0.29) is 0 Å². The molecule has 0 bridgehead atoms. The number of aliphatic hydroxyl groups excluding tert-OH is 15. The predicted octanol–water partition coefficient (Wildman–Crippen LogP) is -12.3. The zero-order valence-corrected chi connectivity index (χ0v) is 38.1. The average molecular weight is 1040 g/mol. The third-order valence-electron chi connectivity index (χ3n) is 12.5. The Hall–Kier alpha value is -3.08. The molecule has 5 aliphatic rings. The fraction of sp³-hybridized carbons (Fsp3) is 0.897. The highest BCUT2D eigenvalue weighted by molar-refractivity contribution is 5.77. The van der Waals surface area contributed by atoms with Gasteiger partial charge >= 0.3 is 5.97 Å². The summed E-state index contributed by atoms with van der Waals surface area (Å²) in [6.45, 7) is -1.88. The number of carboxylic acid groups (broad SMARTS) is 1. The van der Waals surface area contributed by atoms with E-state index in [1.54, 1.807) is 0 Å². The molecule has 0 aromatic rings. The first-order valence-electron chi connectivity index (χ1n) is 22.2. The van der Waals surface area contributed by atoms with Crippen molar-refractivity contribution in [1.29, 1.82) is 0 Å². The molecule has 410 valence electrons. The van der Waals surface area contributed by atoms with Crippen LogP contribution in [-0.2, 0) is 61.8 Å². The van der Waals surface area contributed by atoms with E-state index >= 15 is 0 Å². The normalized spacial score (nSPS) is 45.0. The number of nitrogens with one attached hydrogen (secondary N) is 3. The van der Waals surface area contributed by atoms with Gasteiger partial charge in [0.25, 0.3) is 5.79 Å². The molecule has 19 N–H and O–H groups in total. The Bertz CT molecular complexity index is 1770. The van der Waals surface area contributed by atoms with Gasteiger partial charge in [-0.05, 0) is 0 Å². The van der Waals surface area contributed by atoms with E-state index in [1.165, 1.54) is 0 Å². The highest BCUT2D eigenvalue weighted by Gasteiger charge is 2.61. The zero-order chi connectivity index (χ0) is 53.0. The summed E-state index contributed by atoms with van der Waals surface area (Å²) in [6, 6.07) is -5.04. The Morgan fingerprint density at radius 2 is 1.08 bits per heavy atom. The van der Waals surface area contributed by atoms with Crippen LogP contribution in [0.4, 0.5) is 0 Å². The molecule has 0 aromatic carbocycles. The first-order valence-corrected chi connectivity index (χ1v) is 22.2. The number of aliphatic carboxylic acids is 1. The summed E-state index contributed by atoms with van der Waals surface area (Å²) in [5.74, 6) is -7.69. The van der Waals surface area contributed by atoms with Crippen LogP contribution < -0.4 is 16.0 Å². The van der Waals surface area contributed by atoms with Crippen LogP contribution in [0.25, 0.3) is 0 Å². The van der Waals surface area contributed by atoms with Gasteiger partial charge in [-0.3, -0.25) is 14.4 Å². The number of hydrogen-bond acceptors (Lipinski definition) is 28. The van der Waals surface area contributed by atoms with Crippen molar-refractivity contribution in [2.45, 2.75) is 186 Å². The minimum atomic E-state index is -3.18. The summed E-state index contributed by atoms with van der Waals surface area (Å²) in [5.41, 5.74) is 0. The highest BCUT2D eigenvalue weighted by Crippen LogP contribution is 2.39. The monoisotopic (exact) mass is 1040 g/mol. The van der Waals surface area contributed by atoms with Crippen molar-refractivity contribution in [3.05, 3.63) is 0 Å². The smallest absolute Gasteiger partial charge is 0.364 e. The average Bonchev–Trinajstić information content (AvgIpc) is 3.31. The lowest BCUT2D eigenvalue weighted by molar-refractivity contribution is -0.381. The zero-order valence-electron chi connectivity index (χ0n) is 38.1. The largest absolute Gasteiger partial charge is 0.477 e. The van der Waals surface area contributed by atoms with E-state index in [0.717, 1.165) is 20.8 Å². The Morgan fingerprint density at radius 3 is 1.63 bits per heavy atom. The number of rotatable bonds is 19. The molecule has 32 heteroatoms. The van der Waals surface area contributed by atoms with E-state index in [9.17, 15) is 101 Å². The fourth-order valence-corrected chi connectivity index (χ4v) is 8.84. The van der Waals surface area contributed by atoms with Crippen LogP contribution in [0.5, 0.6) is 0 Å². The Morgan fingerprint density at radius 1 is 0.577 bits per heavy atom. The number of ether oxygens (including phenoxy) is 9. The van der Waals surface area contributed by atoms with Crippen molar-refractivity contribution in [2.24, 2.45) is 0 Å². The summed E-state index contributed by atoms with van der Waals surface area (Å²) in [7, 11) is 0. The second kappa shape index (κ2) is 25.0. The van der Waals surface area contributed by atoms with Crippen LogP contribution in [0.1, 0.15) is 27.2 Å². The summed E-state index contributed by atoms with van der Waals surface area (Å²) in [5, 5.41) is 177. The van der Waals surface area contributed by atoms with Gasteiger partial charge in [0.1, 0.15) is 116 Å². The lowest BCUT2D eigenvalue weighted by Crippen LogP contribution is -2.71. The van der Waals surface area contributed by atoms with Crippen molar-refractivity contribution in [3.63, 3.8) is 0 Å². The molecule has 0 aromatic heterocycles. The molecular formula is C39H65N3O29. The summed E-state index contributed by atoms with van der Waals surface area (Å²) < 4.78 is 50.9. The first-order chi connectivity index (χ1) is 33.3. The van der Waals surface area contributed by atoms with Gasteiger partial charge in [0.2, 0.25) is 17.7 Å². The third kappa shape index (κ3) is 13.1. The SMILES string of the molecule is CC(=O)N[C@H]1[C@H](OC[C@H]2OC(O)[C@H](NC(C)=O)[C@@H](O[C@@H]3O[C@H](CO)[C@H](O)[C@H](O[C@]4(C(=O)O)C[C@H](O)[C@@H](NC(C)=O)[C@H]([C@H](O)[C@H](O)CO)O4)[C@H]3O)[C@H]2O)O[C@H](CO)[C@H](O[C@@H]2O[C@H](CO)[C@H](O)[C@H](O)[C@H]2O)[C@@H]1O. The van der Waals surface area contributed by atoms with Crippen LogP contribution in [-0.4, -0.2) is 297 Å². The number of amides is 3. The minimum absolute atomic E-state index is 0.788. The van der Waals surface area contributed by atoms with Crippen molar-refractivity contribution < 1.29 is 144 Å². The lowest BCUT2D eigenvalue weighted by atomic mass is 9.88. The maximum absolute atomic E-state index is 13.0. The van der Waals surface area contributed by atoms with Gasteiger partial charge in [-0.25, -0.2) is 4.79 Å². The number of hydrogen-bond donors (Lipinski definition) is 19. The van der Waals surface area contributed by atoms with Crippen LogP contribution in [0.15, 0.2) is 0 Å². The maximum atomic E-state index is 13.0. The molecule has 32 nitrogen and oxygen atoms in total. The van der Waals surface area contributed by atoms with Crippen LogP contribution >= 0.6 is 0 Å². The van der Waals surface area contributed by atoms with Crippen molar-refractivity contribution >= 4 is 23.7 Å². The quantitative estimate of drug-likeness (QED) is 0.0571. The molecule has 5 aliphatic heterocycles. The fourth-order valence-electron chi connectivity index (χ4n) is 8.84. The van der Waals surface area contributed by atoms with Gasteiger partial charge in [-0.2, -0.15) is 0 Å². The number of carbonyl (C=O) groups excluding carboxylic acids is 3. The Balaban J connectivity index is 1.39. The van der Waals surface area contributed by atoms with E-state index in [1.807, 2.05) is 0 Å². The standard InChI is InChI=1S/C39H65N3O29/c1-10(47)40-19-13(50)4-39(38(61)62,70-32(19)22(52)14(51)5-43)71-33-24(54)16(7-45)66-37(29(33)59)69-31-21(42-12(3)49)34(60)64-18(25(31)55)9-63-35-20(41-11(2)48)26(56)30(17(8-46)67-35)68-36-28(58)27(57)23(53)15(6-44)65-36/h13-37,43-46,50-60H,4-9H2,1-3H3,(H,40,47)(H,41,48)(H,42,49)(H,61,62)/t13-,14+,15+,16+,17+,18+,19+,20+,21+,22+,23-,24-,25-,26+,27-,28+,29+,30-,31+,32+,33-,34?,35+,36-,37-,39-/m0/s1. The summed E-state index contributed by atoms with van der Waals surface area (Å²) in [6.07, 6.45) is -44.2. The molecule has 5 rings (SSSR count). The number of carbonyl (C=O) groups is 4. The molecule has 5 heterocycles. The lowest BCUT2D eigenvalue weighted by Gasteiger charge is -2.51. The second-order valence-electron chi connectivity index (χ2n) is 17.6. The van der Waals surface area contributed by atoms with E-state index < -0.39 is 222 Å². The molecule has 0 aliphatic carbocycles. The molecule has 1 unspecified atom stereocenters. The van der Waals surface area contributed by atoms with Crippen molar-refractivity contribution in [1.82, 2.24) is 16.0 Å². The minimum Gasteiger partial charge on any atom is -0.477 e. The summed E-state index contributed by atoms with van der Waals surface area (Å²) in [4.78, 5) is 49.7. The molecule has 26 atom stereocenters. The summed E-state index contributed by atoms with van der Waals surface area (Å²) >= 11 is 0.